The van der Waals surface area contributed by atoms with Gasteiger partial charge in [0.15, 0.2) is 11.5 Å². The number of carbonyl (C=O) groups excluding carboxylic acids is 2. The standard InChI is InChI=1S/C35H40N2O8/c1-23-19-26(45-22-24-9-6-5-7-10-24)11-12-27(23)32(38)30-31(25-20-28(41-2)34(43-4)29(21-25)42-3)37(35(40)33(30)39)14-8-13-36-15-17-44-18-16-36/h5-7,9-12,19-21,31,38H,8,13-18,22H2,1-4H3. The van der Waals surface area contributed by atoms with Crippen molar-refractivity contribution in [1.29, 1.82) is 0 Å². The molecule has 2 heterocycles. The lowest BCUT2D eigenvalue weighted by Crippen LogP contribution is -3.14. The molecule has 1 unspecified atom stereocenters. The van der Waals surface area contributed by atoms with Crippen molar-refractivity contribution in [3.8, 4) is 23.0 Å². The van der Waals surface area contributed by atoms with E-state index in [2.05, 4.69) is 0 Å². The number of Topliss-reactive ketones (excluding diaryl/α,β-unsaturated/α-hetero) is 1. The highest BCUT2D eigenvalue weighted by Crippen LogP contribution is 2.45. The molecular weight excluding hydrogens is 576 g/mol. The maximum absolute atomic E-state index is 14.2. The van der Waals surface area contributed by atoms with E-state index in [9.17, 15) is 14.7 Å². The SMILES string of the molecule is COc1cc(C2C(=C([O-])c3ccc(OCc4ccccc4)cc3C)C(=O)C(=O)N2CCC[NH+]2CCOCC2)cc(OC)c1OC. The molecule has 1 atom stereocenters. The Kier molecular flexibility index (Phi) is 10.3. The van der Waals surface area contributed by atoms with Gasteiger partial charge in [-0.3, -0.25) is 9.59 Å². The average Bonchev–Trinajstić information content (AvgIpc) is 3.32. The molecule has 3 aromatic rings. The van der Waals surface area contributed by atoms with E-state index in [0.29, 0.717) is 72.5 Å². The maximum atomic E-state index is 14.2. The normalized spacial score (nSPS) is 18.2. The van der Waals surface area contributed by atoms with Crippen LogP contribution in [0.2, 0.25) is 0 Å². The van der Waals surface area contributed by atoms with E-state index >= 15 is 0 Å². The molecule has 2 aliphatic heterocycles. The van der Waals surface area contributed by atoms with E-state index in [0.717, 1.165) is 25.2 Å². The number of carbonyl (C=O) groups is 2. The van der Waals surface area contributed by atoms with Crippen molar-refractivity contribution in [2.24, 2.45) is 0 Å². The Balaban J connectivity index is 1.51. The second kappa shape index (κ2) is 14.5. The van der Waals surface area contributed by atoms with Gasteiger partial charge in [-0.05, 0) is 53.4 Å². The zero-order valence-electron chi connectivity index (χ0n) is 26.2. The Labute approximate surface area is 263 Å². The molecule has 45 heavy (non-hydrogen) atoms. The molecular formula is C35H40N2O8. The number of likely N-dealkylation sites (tertiary alicyclic amines) is 1. The van der Waals surface area contributed by atoms with Crippen LogP contribution < -0.4 is 29.0 Å². The van der Waals surface area contributed by atoms with Crippen LogP contribution in [0.15, 0.2) is 66.2 Å². The minimum absolute atomic E-state index is 0.103. The fourth-order valence-corrected chi connectivity index (χ4v) is 5.98. The number of hydrogen-bond acceptors (Lipinski definition) is 8. The van der Waals surface area contributed by atoms with Crippen molar-refractivity contribution in [3.05, 3.63) is 88.5 Å². The van der Waals surface area contributed by atoms with Crippen molar-refractivity contribution in [2.45, 2.75) is 26.0 Å². The lowest BCUT2D eigenvalue weighted by Gasteiger charge is -2.30. The lowest BCUT2D eigenvalue weighted by molar-refractivity contribution is -0.908. The average molecular weight is 617 g/mol. The number of amides is 1. The van der Waals surface area contributed by atoms with Crippen molar-refractivity contribution >= 4 is 17.4 Å². The van der Waals surface area contributed by atoms with E-state index in [1.807, 2.05) is 30.3 Å². The summed E-state index contributed by atoms with van der Waals surface area (Å²) in [4.78, 5) is 30.1. The van der Waals surface area contributed by atoms with Gasteiger partial charge < -0.3 is 38.6 Å². The summed E-state index contributed by atoms with van der Waals surface area (Å²) in [7, 11) is 4.49. The van der Waals surface area contributed by atoms with E-state index in [1.165, 1.54) is 31.1 Å². The first-order chi connectivity index (χ1) is 21.9. The predicted molar refractivity (Wildman–Crippen MR) is 165 cm³/mol. The van der Waals surface area contributed by atoms with Crippen LogP contribution in [0.25, 0.3) is 5.76 Å². The smallest absolute Gasteiger partial charge is 0.295 e. The van der Waals surface area contributed by atoms with Gasteiger partial charge in [0, 0.05) is 18.5 Å². The van der Waals surface area contributed by atoms with Gasteiger partial charge in [0.25, 0.3) is 5.91 Å². The number of nitrogens with one attached hydrogen (secondary N) is 1. The summed E-state index contributed by atoms with van der Waals surface area (Å²) in [5.74, 6) is -0.313. The number of ether oxygens (including phenoxy) is 5. The first-order valence-corrected chi connectivity index (χ1v) is 15.1. The molecule has 0 saturated carbocycles. The van der Waals surface area contributed by atoms with Crippen molar-refractivity contribution < 1.29 is 43.3 Å². The lowest BCUT2D eigenvalue weighted by atomic mass is 9.93. The summed E-state index contributed by atoms with van der Waals surface area (Å²) in [6.07, 6.45) is 0.656. The van der Waals surface area contributed by atoms with Crippen LogP contribution in [-0.2, 0) is 20.9 Å². The Hall–Kier alpha value is -4.54. The monoisotopic (exact) mass is 616 g/mol. The van der Waals surface area contributed by atoms with E-state index in [-0.39, 0.29) is 5.57 Å². The fourth-order valence-electron chi connectivity index (χ4n) is 5.98. The number of morpholine rings is 1. The molecule has 2 aliphatic rings. The fraction of sp³-hybridized carbons (Fsp3) is 0.371. The Morgan fingerprint density at radius 3 is 2.27 bits per heavy atom. The number of benzene rings is 3. The Morgan fingerprint density at radius 1 is 0.956 bits per heavy atom. The van der Waals surface area contributed by atoms with Crippen LogP contribution in [0.3, 0.4) is 0 Å². The van der Waals surface area contributed by atoms with Crippen LogP contribution in [0.4, 0.5) is 0 Å². The van der Waals surface area contributed by atoms with E-state index in [1.54, 1.807) is 37.3 Å². The van der Waals surface area contributed by atoms with Crippen molar-refractivity contribution in [2.75, 3.05) is 60.7 Å². The molecule has 238 valence electrons. The summed E-state index contributed by atoms with van der Waals surface area (Å²) in [6, 6.07) is 17.4. The second-order valence-corrected chi connectivity index (χ2v) is 11.1. The van der Waals surface area contributed by atoms with Gasteiger partial charge in [-0.15, -0.1) is 0 Å². The minimum atomic E-state index is -0.931. The molecule has 3 aromatic carbocycles. The number of aryl methyl sites for hydroxylation is 1. The molecule has 0 spiro atoms. The van der Waals surface area contributed by atoms with Crippen LogP contribution in [-0.4, -0.2) is 77.3 Å². The quantitative estimate of drug-likeness (QED) is 0.187. The third-order valence-corrected chi connectivity index (χ3v) is 8.35. The Morgan fingerprint density at radius 2 is 1.64 bits per heavy atom. The molecule has 10 heteroatoms. The second-order valence-electron chi connectivity index (χ2n) is 11.1. The maximum Gasteiger partial charge on any atom is 0.295 e. The molecule has 10 nitrogen and oxygen atoms in total. The van der Waals surface area contributed by atoms with Gasteiger partial charge in [-0.25, -0.2) is 0 Å². The molecule has 5 rings (SSSR count). The van der Waals surface area contributed by atoms with Crippen LogP contribution >= 0.6 is 0 Å². The third kappa shape index (κ3) is 6.92. The molecule has 0 aliphatic carbocycles. The molecule has 1 N–H and O–H groups in total. The topological polar surface area (TPSA) is 111 Å². The number of rotatable bonds is 12. The molecule has 0 aromatic heterocycles. The number of ketones is 1. The van der Waals surface area contributed by atoms with Gasteiger partial charge in [-0.1, -0.05) is 42.2 Å². The Bertz CT molecular complexity index is 1520. The van der Waals surface area contributed by atoms with Gasteiger partial charge in [0.05, 0.1) is 47.1 Å². The third-order valence-electron chi connectivity index (χ3n) is 8.35. The molecule has 1 amide bonds. The van der Waals surface area contributed by atoms with Gasteiger partial charge in [-0.2, -0.15) is 0 Å². The zero-order valence-corrected chi connectivity index (χ0v) is 26.2. The van der Waals surface area contributed by atoms with Crippen molar-refractivity contribution in [1.82, 2.24) is 4.90 Å². The van der Waals surface area contributed by atoms with Gasteiger partial charge >= 0.3 is 0 Å². The summed E-state index contributed by atoms with van der Waals surface area (Å²) in [5, 5.41) is 14.2. The van der Waals surface area contributed by atoms with E-state index in [4.69, 9.17) is 23.7 Å². The molecule has 0 bridgehead atoms. The zero-order chi connectivity index (χ0) is 31.9. The minimum Gasteiger partial charge on any atom is -0.872 e. The number of methoxy groups -OCH3 is 3. The van der Waals surface area contributed by atoms with Crippen LogP contribution in [0, 0.1) is 6.92 Å². The summed E-state index contributed by atoms with van der Waals surface area (Å²) in [6.45, 7) is 6.48. The summed E-state index contributed by atoms with van der Waals surface area (Å²) < 4.78 is 28.1. The number of nitrogens with zero attached hydrogens (tertiary/aromatic N) is 1. The highest BCUT2D eigenvalue weighted by Gasteiger charge is 2.44. The van der Waals surface area contributed by atoms with Gasteiger partial charge in [0.2, 0.25) is 11.5 Å². The molecule has 0 radical (unpaired) electrons. The van der Waals surface area contributed by atoms with Crippen LogP contribution in [0.1, 0.15) is 34.7 Å². The molecule has 2 fully saturated rings. The first-order valence-electron chi connectivity index (χ1n) is 15.1. The largest absolute Gasteiger partial charge is 0.872 e. The van der Waals surface area contributed by atoms with E-state index < -0.39 is 23.5 Å². The highest BCUT2D eigenvalue weighted by atomic mass is 16.5. The van der Waals surface area contributed by atoms with Crippen LogP contribution in [0.5, 0.6) is 23.0 Å². The highest BCUT2D eigenvalue weighted by molar-refractivity contribution is 6.46. The molecule has 2 saturated heterocycles. The first kappa shape index (κ1) is 31.9. The predicted octanol–water partition coefficient (Wildman–Crippen LogP) is 2.13. The van der Waals surface area contributed by atoms with Crippen molar-refractivity contribution in [3.63, 3.8) is 0 Å². The van der Waals surface area contributed by atoms with Gasteiger partial charge in [0.1, 0.15) is 25.4 Å². The summed E-state index contributed by atoms with van der Waals surface area (Å²) in [5.41, 5.74) is 2.40. The number of quaternary nitrogens is 1. The number of hydrogen-bond donors (Lipinski definition) is 1. The summed E-state index contributed by atoms with van der Waals surface area (Å²) >= 11 is 0.